The maximum atomic E-state index is 12.4. The smallest absolute Gasteiger partial charge is 0.318 e. The van der Waals surface area contributed by atoms with E-state index in [2.05, 4.69) is 37.4 Å². The number of nitrogens with zero attached hydrogens (tertiary/aromatic N) is 5. The first-order valence-corrected chi connectivity index (χ1v) is 12.2. The van der Waals surface area contributed by atoms with Crippen LogP contribution < -0.4 is 16.4 Å². The molecule has 2 aromatic rings. The van der Waals surface area contributed by atoms with Gasteiger partial charge >= 0.3 is 6.03 Å². The predicted molar refractivity (Wildman–Crippen MR) is 127 cm³/mol. The number of ether oxygens (including phenoxy) is 1. The first-order chi connectivity index (χ1) is 17.4. The van der Waals surface area contributed by atoms with Crippen LogP contribution in [0.15, 0.2) is 6.33 Å². The van der Waals surface area contributed by atoms with Crippen molar-refractivity contribution in [1.82, 2.24) is 35.1 Å². The Morgan fingerprint density at radius 3 is 2.67 bits per heavy atom. The maximum absolute atomic E-state index is 12.4. The lowest BCUT2D eigenvalue weighted by atomic mass is 10.1. The molecule has 192 valence electrons. The Kier molecular flexibility index (Phi) is 6.65. The molecule has 0 aromatic carbocycles. The van der Waals surface area contributed by atoms with Crippen molar-refractivity contribution in [2.75, 3.05) is 19.3 Å². The molecule has 0 radical (unpaired) electrons. The molecule has 0 unspecified atom stereocenters. The van der Waals surface area contributed by atoms with Gasteiger partial charge in [-0.25, -0.2) is 19.7 Å². The van der Waals surface area contributed by atoms with E-state index in [1.165, 1.54) is 10.9 Å². The number of amides is 3. The normalized spacial score (nSPS) is 26.0. The second-order valence-electron chi connectivity index (χ2n) is 9.39. The van der Waals surface area contributed by atoms with Gasteiger partial charge in [-0.15, -0.1) is 0 Å². The minimum atomic E-state index is -1.42. The number of anilines is 1. The number of aromatic nitrogens is 4. The third-order valence-electron chi connectivity index (χ3n) is 6.83. The average molecular weight is 499 g/mol. The zero-order valence-electron chi connectivity index (χ0n) is 19.9. The Morgan fingerprint density at radius 2 is 1.97 bits per heavy atom. The summed E-state index contributed by atoms with van der Waals surface area (Å²) in [4.78, 5) is 39.3. The van der Waals surface area contributed by atoms with Crippen LogP contribution in [0.4, 0.5) is 10.6 Å². The number of carbonyl (C=O) groups excluding carboxylic acids is 2. The highest BCUT2D eigenvalue weighted by atomic mass is 16.6. The molecule has 0 bridgehead atoms. The molecule has 2 aliphatic carbocycles. The standard InChI is InChI=1S/C23H30N8O5/c1-25-23(35)30(13-5-2-3-6-13)10-4-7-14-28-19(24)15-20(29-14)31(11-26-15)22-17(33)16(32)18(36-22)21(34)27-12-8-9-12/h11-13,16-18,22,32-33H,2-3,5-6,8-10H2,1H3,(H,25,35)(H,27,34)(H2,24,28,29)/t16-,17+,18-,22+/m0/s1. The fourth-order valence-corrected chi connectivity index (χ4v) is 4.73. The Balaban J connectivity index is 1.37. The minimum absolute atomic E-state index is 0.0815. The number of carbonyl (C=O) groups is 2. The number of nitrogens with one attached hydrogen (secondary N) is 2. The van der Waals surface area contributed by atoms with Crippen LogP contribution in [0.2, 0.25) is 0 Å². The van der Waals surface area contributed by atoms with Crippen LogP contribution >= 0.6 is 0 Å². The molecule has 3 amide bonds. The summed E-state index contributed by atoms with van der Waals surface area (Å²) in [6.07, 6.45) is 2.03. The zero-order valence-corrected chi connectivity index (χ0v) is 19.9. The average Bonchev–Trinajstić information content (AvgIpc) is 3.22. The van der Waals surface area contributed by atoms with Gasteiger partial charge in [-0.3, -0.25) is 9.36 Å². The topological polar surface area (TPSA) is 181 Å². The summed E-state index contributed by atoms with van der Waals surface area (Å²) in [7, 11) is 1.59. The second-order valence-corrected chi connectivity index (χ2v) is 9.39. The molecule has 2 aromatic heterocycles. The molecule has 4 atom stereocenters. The van der Waals surface area contributed by atoms with Crippen LogP contribution in [0.1, 0.15) is 50.6 Å². The third-order valence-corrected chi connectivity index (χ3v) is 6.83. The zero-order chi connectivity index (χ0) is 25.4. The first-order valence-electron chi connectivity index (χ1n) is 12.2. The Hall–Kier alpha value is -3.47. The largest absolute Gasteiger partial charge is 0.387 e. The molecule has 0 spiro atoms. The third kappa shape index (κ3) is 4.67. The molecule has 2 saturated carbocycles. The molecule has 6 N–H and O–H groups in total. The van der Waals surface area contributed by atoms with Gasteiger partial charge < -0.3 is 36.2 Å². The monoisotopic (exact) mass is 498 g/mol. The molecule has 3 heterocycles. The van der Waals surface area contributed by atoms with Crippen molar-refractivity contribution >= 4 is 28.9 Å². The number of imidazole rings is 1. The van der Waals surface area contributed by atoms with E-state index in [0.717, 1.165) is 38.5 Å². The summed E-state index contributed by atoms with van der Waals surface area (Å²) in [5.41, 5.74) is 6.60. The quantitative estimate of drug-likeness (QED) is 0.331. The summed E-state index contributed by atoms with van der Waals surface area (Å²) in [6, 6.07) is 0.0447. The molecular formula is C23H30N8O5. The van der Waals surface area contributed by atoms with Crippen LogP contribution in [0, 0.1) is 11.8 Å². The number of fused-ring (bicyclic) bond motifs is 1. The summed E-state index contributed by atoms with van der Waals surface area (Å²) >= 11 is 0. The van der Waals surface area contributed by atoms with Gasteiger partial charge in [-0.1, -0.05) is 18.8 Å². The van der Waals surface area contributed by atoms with Crippen molar-refractivity contribution in [2.45, 2.75) is 75.1 Å². The van der Waals surface area contributed by atoms with E-state index < -0.39 is 30.4 Å². The number of hydrogen-bond acceptors (Lipinski definition) is 9. The highest BCUT2D eigenvalue weighted by molar-refractivity contribution is 5.83. The maximum Gasteiger partial charge on any atom is 0.318 e. The fraction of sp³-hybridized carbons (Fsp3) is 0.609. The van der Waals surface area contributed by atoms with E-state index in [1.54, 1.807) is 11.9 Å². The van der Waals surface area contributed by atoms with Crippen LogP contribution in [0.3, 0.4) is 0 Å². The van der Waals surface area contributed by atoms with Crippen molar-refractivity contribution in [2.24, 2.45) is 0 Å². The molecule has 13 nitrogen and oxygen atoms in total. The van der Waals surface area contributed by atoms with Gasteiger partial charge in [0.2, 0.25) is 5.82 Å². The molecular weight excluding hydrogens is 468 g/mol. The van der Waals surface area contributed by atoms with Crippen LogP contribution in [-0.4, -0.2) is 90.6 Å². The minimum Gasteiger partial charge on any atom is -0.387 e. The number of urea groups is 1. The highest BCUT2D eigenvalue weighted by Crippen LogP contribution is 2.33. The van der Waals surface area contributed by atoms with Crippen LogP contribution in [-0.2, 0) is 9.53 Å². The molecule has 36 heavy (non-hydrogen) atoms. The number of aliphatic hydroxyl groups excluding tert-OH is 2. The molecule has 1 saturated heterocycles. The lowest BCUT2D eigenvalue weighted by molar-refractivity contribution is -0.137. The van der Waals surface area contributed by atoms with E-state index in [0.29, 0.717) is 0 Å². The Labute approximate surface area is 207 Å². The van der Waals surface area contributed by atoms with Crippen molar-refractivity contribution in [1.29, 1.82) is 0 Å². The van der Waals surface area contributed by atoms with Gasteiger partial charge in [0.1, 0.15) is 17.7 Å². The van der Waals surface area contributed by atoms with Crippen molar-refractivity contribution in [3.05, 3.63) is 12.2 Å². The van der Waals surface area contributed by atoms with Crippen molar-refractivity contribution < 1.29 is 24.5 Å². The van der Waals surface area contributed by atoms with Crippen LogP contribution in [0.25, 0.3) is 11.2 Å². The van der Waals surface area contributed by atoms with Gasteiger partial charge in [0.25, 0.3) is 5.91 Å². The summed E-state index contributed by atoms with van der Waals surface area (Å²) < 4.78 is 7.15. The SMILES string of the molecule is CNC(=O)N(CC#Cc1nc(N)c2ncn([C@@H]3O[C@H](C(=O)NC4CC4)[C@@H](O)[C@H]3O)c2n1)C1CCCC1. The Bertz CT molecular complexity index is 1210. The van der Waals surface area contributed by atoms with Gasteiger partial charge in [0.05, 0.1) is 12.9 Å². The molecule has 1 aliphatic heterocycles. The molecule has 5 rings (SSSR count). The van der Waals surface area contributed by atoms with Gasteiger partial charge in [-0.05, 0) is 31.6 Å². The summed E-state index contributed by atoms with van der Waals surface area (Å²) in [5.74, 6) is 5.54. The second kappa shape index (κ2) is 9.88. The number of aliphatic hydroxyl groups is 2. The summed E-state index contributed by atoms with van der Waals surface area (Å²) in [5, 5.41) is 26.5. The lowest BCUT2D eigenvalue weighted by Crippen LogP contribution is -2.44. The van der Waals surface area contributed by atoms with Gasteiger partial charge in [0.15, 0.2) is 23.8 Å². The van der Waals surface area contributed by atoms with Gasteiger partial charge in [-0.2, -0.15) is 0 Å². The number of nitrogen functional groups attached to an aromatic ring is 1. The molecule has 3 fully saturated rings. The van der Waals surface area contributed by atoms with Crippen LogP contribution in [0.5, 0.6) is 0 Å². The summed E-state index contributed by atoms with van der Waals surface area (Å²) in [6.45, 7) is 0.208. The Morgan fingerprint density at radius 1 is 1.22 bits per heavy atom. The molecule has 13 heteroatoms. The molecule has 3 aliphatic rings. The predicted octanol–water partition coefficient (Wildman–Crippen LogP) is -0.758. The van der Waals surface area contributed by atoms with E-state index in [1.807, 2.05) is 0 Å². The number of nitrogens with two attached hydrogens (primary N) is 1. The fourth-order valence-electron chi connectivity index (χ4n) is 4.73. The van der Waals surface area contributed by atoms with E-state index in [-0.39, 0.29) is 47.5 Å². The van der Waals surface area contributed by atoms with Crippen molar-refractivity contribution in [3.8, 4) is 11.8 Å². The van der Waals surface area contributed by atoms with E-state index in [4.69, 9.17) is 10.5 Å². The lowest BCUT2D eigenvalue weighted by Gasteiger charge is -2.26. The van der Waals surface area contributed by atoms with Crippen molar-refractivity contribution in [3.63, 3.8) is 0 Å². The van der Waals surface area contributed by atoms with E-state index in [9.17, 15) is 19.8 Å². The first kappa shape index (κ1) is 24.2. The van der Waals surface area contributed by atoms with Gasteiger partial charge in [0, 0.05) is 19.1 Å². The number of hydrogen-bond donors (Lipinski definition) is 5. The van der Waals surface area contributed by atoms with E-state index >= 15 is 0 Å². The highest BCUT2D eigenvalue weighted by Gasteiger charge is 2.48. The number of rotatable bonds is 5.